The molecule has 1 heterocycles. The van der Waals surface area contributed by atoms with Crippen molar-refractivity contribution in [3.63, 3.8) is 0 Å². The van der Waals surface area contributed by atoms with E-state index >= 15 is 0 Å². The Bertz CT molecular complexity index is 783. The smallest absolute Gasteiger partial charge is 0.331 e. The van der Waals surface area contributed by atoms with Crippen molar-refractivity contribution in [2.24, 2.45) is 0 Å². The molecule has 0 saturated heterocycles. The van der Waals surface area contributed by atoms with Crippen molar-refractivity contribution in [3.05, 3.63) is 55.7 Å². The van der Waals surface area contributed by atoms with Crippen LogP contribution in [-0.2, 0) is 13.0 Å². The molecule has 0 unspecified atom stereocenters. The van der Waals surface area contributed by atoms with Crippen LogP contribution in [0.3, 0.4) is 0 Å². The number of benzene rings is 1. The van der Waals surface area contributed by atoms with E-state index in [0.717, 1.165) is 24.0 Å². The summed E-state index contributed by atoms with van der Waals surface area (Å²) in [6.07, 6.45) is 2.30. The van der Waals surface area contributed by atoms with E-state index in [0.29, 0.717) is 30.2 Å². The third kappa shape index (κ3) is 3.92. The maximum Gasteiger partial charge on any atom is 0.331 e. The van der Waals surface area contributed by atoms with Gasteiger partial charge in [-0.25, -0.2) is 4.79 Å². The second-order valence-electron chi connectivity index (χ2n) is 5.83. The van der Waals surface area contributed by atoms with Crippen molar-refractivity contribution in [1.29, 1.82) is 0 Å². The van der Waals surface area contributed by atoms with E-state index in [4.69, 9.17) is 4.74 Å². The Balaban J connectivity index is 2.57. The number of rotatable bonds is 6. The average molecular weight is 316 g/mol. The van der Waals surface area contributed by atoms with Crippen LogP contribution in [0.2, 0.25) is 0 Å². The van der Waals surface area contributed by atoms with Gasteiger partial charge in [-0.3, -0.25) is 14.3 Å². The summed E-state index contributed by atoms with van der Waals surface area (Å²) in [5, 5.41) is 0. The van der Waals surface area contributed by atoms with Gasteiger partial charge in [0.05, 0.1) is 5.56 Å². The predicted octanol–water partition coefficient (Wildman–Crippen LogP) is 3.31. The van der Waals surface area contributed by atoms with E-state index in [1.54, 1.807) is 0 Å². The molecule has 2 aromatic rings. The average Bonchev–Trinajstić information content (AvgIpc) is 2.46. The second kappa shape index (κ2) is 7.31. The van der Waals surface area contributed by atoms with E-state index in [9.17, 15) is 9.59 Å². The number of aromatic nitrogens is 2. The first-order valence-corrected chi connectivity index (χ1v) is 8.08. The van der Waals surface area contributed by atoms with E-state index in [1.165, 1.54) is 4.57 Å². The summed E-state index contributed by atoms with van der Waals surface area (Å²) >= 11 is 0. The molecule has 0 radical (unpaired) electrons. The molecule has 5 heteroatoms. The minimum absolute atomic E-state index is 0.361. The molecule has 0 spiro atoms. The molecule has 0 aliphatic carbocycles. The lowest BCUT2D eigenvalue weighted by atomic mass is 10.1. The summed E-state index contributed by atoms with van der Waals surface area (Å²) in [7, 11) is 0. The van der Waals surface area contributed by atoms with Crippen LogP contribution in [0.4, 0.5) is 0 Å². The van der Waals surface area contributed by atoms with Crippen LogP contribution < -0.4 is 16.0 Å². The predicted molar refractivity (Wildman–Crippen MR) is 91.6 cm³/mol. The molecule has 23 heavy (non-hydrogen) atoms. The zero-order chi connectivity index (χ0) is 17.0. The van der Waals surface area contributed by atoms with Crippen LogP contribution in [0, 0.1) is 13.8 Å². The van der Waals surface area contributed by atoms with Crippen LogP contribution in [0.1, 0.15) is 43.4 Å². The van der Waals surface area contributed by atoms with Crippen LogP contribution >= 0.6 is 0 Å². The van der Waals surface area contributed by atoms with Gasteiger partial charge in [0.2, 0.25) is 5.88 Å². The maximum atomic E-state index is 12.2. The minimum Gasteiger partial charge on any atom is -0.440 e. The Hall–Kier alpha value is -2.30. The van der Waals surface area contributed by atoms with Crippen LogP contribution in [0.5, 0.6) is 11.6 Å². The van der Waals surface area contributed by atoms with Gasteiger partial charge in [-0.1, -0.05) is 26.3 Å². The first-order valence-electron chi connectivity index (χ1n) is 8.08. The highest BCUT2D eigenvalue weighted by Crippen LogP contribution is 2.25. The maximum absolute atomic E-state index is 12.2. The number of ether oxygens (including phenoxy) is 1. The molecule has 1 aromatic heterocycles. The van der Waals surface area contributed by atoms with Gasteiger partial charge in [0.15, 0.2) is 0 Å². The zero-order valence-corrected chi connectivity index (χ0v) is 14.2. The fourth-order valence-electron chi connectivity index (χ4n) is 2.64. The normalized spacial score (nSPS) is 10.8. The molecule has 1 aromatic carbocycles. The molecule has 5 nitrogen and oxygen atoms in total. The van der Waals surface area contributed by atoms with Crippen LogP contribution in [-0.4, -0.2) is 9.55 Å². The zero-order valence-electron chi connectivity index (χ0n) is 14.2. The van der Waals surface area contributed by atoms with E-state index in [1.807, 2.05) is 32.9 Å². The highest BCUT2D eigenvalue weighted by atomic mass is 16.5. The molecular weight excluding hydrogens is 292 g/mol. The summed E-state index contributed by atoms with van der Waals surface area (Å²) in [4.78, 5) is 26.7. The van der Waals surface area contributed by atoms with E-state index in [-0.39, 0.29) is 5.56 Å². The van der Waals surface area contributed by atoms with Crippen molar-refractivity contribution in [3.8, 4) is 11.6 Å². The van der Waals surface area contributed by atoms with Gasteiger partial charge >= 0.3 is 5.69 Å². The second-order valence-corrected chi connectivity index (χ2v) is 5.83. The molecule has 2 rings (SSSR count). The summed E-state index contributed by atoms with van der Waals surface area (Å²) in [5.74, 6) is 1.01. The van der Waals surface area contributed by atoms with Crippen molar-refractivity contribution in [2.45, 2.75) is 53.5 Å². The molecular formula is C18H24N2O3. The molecule has 0 amide bonds. The van der Waals surface area contributed by atoms with Gasteiger partial charge in [-0.2, -0.15) is 0 Å². The number of H-pyrrole nitrogens is 1. The Morgan fingerprint density at radius 1 is 1.09 bits per heavy atom. The largest absolute Gasteiger partial charge is 0.440 e. The molecule has 0 saturated carbocycles. The fraction of sp³-hybridized carbons (Fsp3) is 0.444. The minimum atomic E-state index is -0.417. The topological polar surface area (TPSA) is 64.1 Å². The van der Waals surface area contributed by atoms with Crippen LogP contribution in [0.15, 0.2) is 27.8 Å². The lowest BCUT2D eigenvalue weighted by Crippen LogP contribution is -2.33. The van der Waals surface area contributed by atoms with Gasteiger partial charge in [0.25, 0.3) is 5.56 Å². The fourth-order valence-corrected chi connectivity index (χ4v) is 2.64. The SMILES string of the molecule is CCCCn1c(Oc2cc(C)cc(C)c2)c(CC)c(=O)[nH]c1=O. The summed E-state index contributed by atoms with van der Waals surface area (Å²) in [6, 6.07) is 5.86. The summed E-state index contributed by atoms with van der Waals surface area (Å²) in [5.41, 5.74) is 1.86. The first kappa shape index (κ1) is 17.1. The molecule has 1 N–H and O–H groups in total. The standard InChI is InChI=1S/C18H24N2O3/c1-5-7-8-20-17(15(6-2)16(21)19-18(20)22)23-14-10-12(3)9-13(4)11-14/h9-11H,5-8H2,1-4H3,(H,19,21,22). The third-order valence-electron chi connectivity index (χ3n) is 3.74. The third-order valence-corrected chi connectivity index (χ3v) is 3.74. The van der Waals surface area contributed by atoms with Gasteiger partial charge in [0.1, 0.15) is 5.75 Å². The van der Waals surface area contributed by atoms with Crippen molar-refractivity contribution >= 4 is 0 Å². The number of aryl methyl sites for hydroxylation is 2. The molecule has 0 bridgehead atoms. The highest BCUT2D eigenvalue weighted by molar-refractivity contribution is 5.37. The summed E-state index contributed by atoms with van der Waals surface area (Å²) < 4.78 is 7.52. The number of nitrogens with one attached hydrogen (secondary N) is 1. The monoisotopic (exact) mass is 316 g/mol. The number of aromatic amines is 1. The van der Waals surface area contributed by atoms with E-state index in [2.05, 4.69) is 18.0 Å². The number of unbranched alkanes of at least 4 members (excludes halogenated alkanes) is 1. The van der Waals surface area contributed by atoms with Crippen LogP contribution in [0.25, 0.3) is 0 Å². The molecule has 0 atom stereocenters. The quantitative estimate of drug-likeness (QED) is 0.889. The van der Waals surface area contributed by atoms with Gasteiger partial charge in [-0.15, -0.1) is 0 Å². The molecule has 0 aliphatic heterocycles. The lowest BCUT2D eigenvalue weighted by molar-refractivity contribution is 0.400. The Labute approximate surface area is 135 Å². The van der Waals surface area contributed by atoms with Crippen molar-refractivity contribution in [1.82, 2.24) is 9.55 Å². The van der Waals surface area contributed by atoms with Gasteiger partial charge in [-0.05, 0) is 49.9 Å². The van der Waals surface area contributed by atoms with Crippen molar-refractivity contribution < 1.29 is 4.74 Å². The summed E-state index contributed by atoms with van der Waals surface area (Å²) in [6.45, 7) is 8.44. The lowest BCUT2D eigenvalue weighted by Gasteiger charge is -2.16. The molecule has 0 aliphatic rings. The number of nitrogens with zero attached hydrogens (tertiary/aromatic N) is 1. The van der Waals surface area contributed by atoms with E-state index < -0.39 is 5.69 Å². The molecule has 0 fully saturated rings. The Morgan fingerprint density at radius 2 is 1.74 bits per heavy atom. The Morgan fingerprint density at radius 3 is 2.30 bits per heavy atom. The van der Waals surface area contributed by atoms with Gasteiger partial charge < -0.3 is 4.74 Å². The highest BCUT2D eigenvalue weighted by Gasteiger charge is 2.16. The first-order chi connectivity index (χ1) is 11.0. The number of hydrogen-bond acceptors (Lipinski definition) is 3. The molecule has 124 valence electrons. The Kier molecular flexibility index (Phi) is 5.42. The van der Waals surface area contributed by atoms with Gasteiger partial charge in [0, 0.05) is 6.54 Å². The number of hydrogen-bond donors (Lipinski definition) is 1. The van der Waals surface area contributed by atoms with Crippen molar-refractivity contribution in [2.75, 3.05) is 0 Å².